The molecule has 0 saturated carbocycles. The zero-order valence-corrected chi connectivity index (χ0v) is 14.8. The number of fused-ring (bicyclic) bond motifs is 3. The standard InChI is InChI=1S/C16H16F3N5O2S/c17-16(18,19)9-23-27(25,26)11-3-6-24(8-11)15-13-10(1-4-21-15)7-22-14-12(13)2-5-20-14/h1-2,4-5,7,11,23H,3,6,8-9H2,(H,20,22). The number of alkyl halides is 3. The van der Waals surface area contributed by atoms with E-state index in [1.165, 1.54) is 0 Å². The largest absolute Gasteiger partial charge is 0.402 e. The van der Waals surface area contributed by atoms with Crippen molar-refractivity contribution < 1.29 is 21.6 Å². The van der Waals surface area contributed by atoms with Gasteiger partial charge in [0.25, 0.3) is 0 Å². The predicted molar refractivity (Wildman–Crippen MR) is 95.0 cm³/mol. The smallest absolute Gasteiger partial charge is 0.355 e. The molecule has 0 bridgehead atoms. The maximum atomic E-state index is 12.4. The summed E-state index contributed by atoms with van der Waals surface area (Å²) in [5, 5.41) is 1.62. The Kier molecular flexibility index (Phi) is 4.22. The van der Waals surface area contributed by atoms with Gasteiger partial charge in [-0.25, -0.2) is 23.1 Å². The van der Waals surface area contributed by atoms with Gasteiger partial charge in [0.15, 0.2) is 0 Å². The number of hydrogen-bond acceptors (Lipinski definition) is 5. The maximum absolute atomic E-state index is 12.4. The first-order valence-electron chi connectivity index (χ1n) is 8.25. The molecule has 1 aliphatic heterocycles. The third kappa shape index (κ3) is 3.44. The molecular formula is C16H16F3N5O2S. The molecule has 1 unspecified atom stereocenters. The van der Waals surface area contributed by atoms with E-state index in [0.717, 1.165) is 16.2 Å². The van der Waals surface area contributed by atoms with Crippen molar-refractivity contribution >= 4 is 37.6 Å². The van der Waals surface area contributed by atoms with Crippen LogP contribution in [-0.2, 0) is 10.0 Å². The highest BCUT2D eigenvalue weighted by molar-refractivity contribution is 7.90. The van der Waals surface area contributed by atoms with Gasteiger partial charge in [-0.2, -0.15) is 13.2 Å². The minimum absolute atomic E-state index is 0.0769. The van der Waals surface area contributed by atoms with E-state index in [4.69, 9.17) is 0 Å². The normalized spacial score (nSPS) is 18.6. The van der Waals surface area contributed by atoms with Crippen molar-refractivity contribution in [2.45, 2.75) is 17.8 Å². The molecule has 7 nitrogen and oxygen atoms in total. The summed E-state index contributed by atoms with van der Waals surface area (Å²) in [6.45, 7) is -1.10. The highest BCUT2D eigenvalue weighted by Gasteiger charge is 2.37. The van der Waals surface area contributed by atoms with Crippen LogP contribution >= 0.6 is 0 Å². The summed E-state index contributed by atoms with van der Waals surface area (Å²) >= 11 is 0. The fourth-order valence-corrected chi connectivity index (χ4v) is 4.76. The Morgan fingerprint density at radius 2 is 2.11 bits per heavy atom. The third-order valence-corrected chi connectivity index (χ3v) is 6.46. The second-order valence-electron chi connectivity index (χ2n) is 6.43. The first-order valence-corrected chi connectivity index (χ1v) is 9.80. The van der Waals surface area contributed by atoms with Gasteiger partial charge in [-0.3, -0.25) is 0 Å². The summed E-state index contributed by atoms with van der Waals surface area (Å²) in [4.78, 5) is 13.6. The Balaban J connectivity index is 1.64. The van der Waals surface area contributed by atoms with Gasteiger partial charge >= 0.3 is 6.18 Å². The van der Waals surface area contributed by atoms with Crippen LogP contribution in [0.25, 0.3) is 21.8 Å². The molecule has 27 heavy (non-hydrogen) atoms. The highest BCUT2D eigenvalue weighted by atomic mass is 32.2. The van der Waals surface area contributed by atoms with E-state index in [-0.39, 0.29) is 13.0 Å². The molecule has 1 fully saturated rings. The second kappa shape index (κ2) is 6.34. The molecule has 11 heteroatoms. The SMILES string of the molecule is O=S(=O)(NCC(F)(F)F)C1CCN(c2nccc3cnc4[nH]ccc4c23)C1. The van der Waals surface area contributed by atoms with E-state index in [1.54, 1.807) is 28.2 Å². The van der Waals surface area contributed by atoms with Gasteiger partial charge < -0.3 is 9.88 Å². The quantitative estimate of drug-likeness (QED) is 0.702. The monoisotopic (exact) mass is 399 g/mol. The number of nitrogens with one attached hydrogen (secondary N) is 2. The van der Waals surface area contributed by atoms with Crippen LogP contribution in [0, 0.1) is 0 Å². The van der Waals surface area contributed by atoms with Crippen LogP contribution in [0.1, 0.15) is 6.42 Å². The fourth-order valence-electron chi connectivity index (χ4n) is 3.37. The summed E-state index contributed by atoms with van der Waals surface area (Å²) in [7, 11) is -4.08. The van der Waals surface area contributed by atoms with Gasteiger partial charge in [0.05, 0.1) is 5.25 Å². The first-order chi connectivity index (χ1) is 12.7. The Morgan fingerprint density at radius 3 is 2.89 bits per heavy atom. The van der Waals surface area contributed by atoms with Crippen molar-refractivity contribution in [1.82, 2.24) is 19.7 Å². The molecular weight excluding hydrogens is 383 g/mol. The third-order valence-electron chi connectivity index (χ3n) is 4.65. The van der Waals surface area contributed by atoms with Gasteiger partial charge in [0, 0.05) is 47.8 Å². The van der Waals surface area contributed by atoms with Crippen molar-refractivity contribution in [3.8, 4) is 0 Å². The summed E-state index contributed by atoms with van der Waals surface area (Å²) in [5.41, 5.74) is 0.687. The molecule has 0 aliphatic carbocycles. The maximum Gasteiger partial charge on any atom is 0.402 e. The first kappa shape index (κ1) is 18.0. The molecule has 4 heterocycles. The van der Waals surface area contributed by atoms with E-state index in [0.29, 0.717) is 18.0 Å². The van der Waals surface area contributed by atoms with Crippen molar-refractivity contribution in [3.05, 3.63) is 30.7 Å². The summed E-state index contributed by atoms with van der Waals surface area (Å²) in [6, 6.07) is 3.68. The van der Waals surface area contributed by atoms with Crippen LogP contribution in [0.5, 0.6) is 0 Å². The lowest BCUT2D eigenvalue weighted by molar-refractivity contribution is -0.121. The Bertz CT molecular complexity index is 1100. The van der Waals surface area contributed by atoms with E-state index in [2.05, 4.69) is 15.0 Å². The van der Waals surface area contributed by atoms with Crippen LogP contribution in [0.3, 0.4) is 0 Å². The number of sulfonamides is 1. The van der Waals surface area contributed by atoms with Gasteiger partial charge in [-0.1, -0.05) is 0 Å². The Morgan fingerprint density at radius 1 is 1.30 bits per heavy atom. The van der Waals surface area contributed by atoms with Crippen molar-refractivity contribution in [3.63, 3.8) is 0 Å². The molecule has 3 aromatic heterocycles. The molecule has 0 amide bonds. The summed E-state index contributed by atoms with van der Waals surface area (Å²) in [6.07, 6.45) is 0.713. The number of H-pyrrole nitrogens is 1. The Hall–Kier alpha value is -2.40. The van der Waals surface area contributed by atoms with Crippen molar-refractivity contribution in [2.75, 3.05) is 24.5 Å². The minimum atomic E-state index is -4.59. The van der Waals surface area contributed by atoms with E-state index in [1.807, 2.05) is 12.1 Å². The number of hydrogen-bond donors (Lipinski definition) is 2. The van der Waals surface area contributed by atoms with E-state index in [9.17, 15) is 21.6 Å². The number of aromatic nitrogens is 3. The molecule has 1 aliphatic rings. The summed E-state index contributed by atoms with van der Waals surface area (Å²) in [5.74, 6) is 0.605. The number of anilines is 1. The molecule has 0 aromatic carbocycles. The zero-order chi connectivity index (χ0) is 19.2. The molecule has 144 valence electrons. The average Bonchev–Trinajstić information content (AvgIpc) is 3.28. The van der Waals surface area contributed by atoms with Crippen LogP contribution in [0.2, 0.25) is 0 Å². The van der Waals surface area contributed by atoms with Gasteiger partial charge in [0.2, 0.25) is 10.0 Å². The lowest BCUT2D eigenvalue weighted by Gasteiger charge is -2.20. The number of halogens is 3. The number of nitrogens with zero attached hydrogens (tertiary/aromatic N) is 3. The lowest BCUT2D eigenvalue weighted by Crippen LogP contribution is -2.41. The van der Waals surface area contributed by atoms with Crippen LogP contribution < -0.4 is 9.62 Å². The minimum Gasteiger partial charge on any atom is -0.355 e. The van der Waals surface area contributed by atoms with Gasteiger partial charge in [-0.15, -0.1) is 0 Å². The van der Waals surface area contributed by atoms with Gasteiger partial charge in [-0.05, 0) is 18.6 Å². The summed E-state index contributed by atoms with van der Waals surface area (Å²) < 4.78 is 63.1. The number of rotatable bonds is 4. The van der Waals surface area contributed by atoms with Gasteiger partial charge in [0.1, 0.15) is 18.0 Å². The van der Waals surface area contributed by atoms with Crippen LogP contribution in [-0.4, -0.2) is 54.4 Å². The molecule has 1 atom stereocenters. The zero-order valence-electron chi connectivity index (χ0n) is 14.0. The second-order valence-corrected chi connectivity index (χ2v) is 8.48. The molecule has 0 spiro atoms. The van der Waals surface area contributed by atoms with Crippen LogP contribution in [0.15, 0.2) is 30.7 Å². The van der Waals surface area contributed by atoms with Crippen LogP contribution in [0.4, 0.5) is 19.0 Å². The topological polar surface area (TPSA) is 91.0 Å². The molecule has 0 radical (unpaired) electrons. The number of aromatic amines is 1. The Labute approximate surface area is 152 Å². The number of pyridine rings is 2. The lowest BCUT2D eigenvalue weighted by atomic mass is 10.1. The fraction of sp³-hybridized carbons (Fsp3) is 0.375. The predicted octanol–water partition coefficient (Wildman–Crippen LogP) is 2.17. The van der Waals surface area contributed by atoms with Crippen molar-refractivity contribution in [2.24, 2.45) is 0 Å². The van der Waals surface area contributed by atoms with E-state index < -0.39 is 28.0 Å². The molecule has 2 N–H and O–H groups in total. The highest BCUT2D eigenvalue weighted by Crippen LogP contribution is 2.33. The molecule has 1 saturated heterocycles. The molecule has 4 rings (SSSR count). The molecule has 3 aromatic rings. The van der Waals surface area contributed by atoms with Crippen molar-refractivity contribution in [1.29, 1.82) is 0 Å². The van der Waals surface area contributed by atoms with E-state index >= 15 is 0 Å². The average molecular weight is 399 g/mol.